The van der Waals surface area contributed by atoms with Crippen LogP contribution in [-0.2, 0) is 24.0 Å². The Morgan fingerprint density at radius 1 is 1.26 bits per heavy atom. The van der Waals surface area contributed by atoms with E-state index in [9.17, 15) is 0 Å². The van der Waals surface area contributed by atoms with Crippen LogP contribution in [-0.4, -0.2) is 26.3 Å². The quantitative estimate of drug-likeness (QED) is 0.726. The number of ether oxygens (including phenoxy) is 1. The van der Waals surface area contributed by atoms with Gasteiger partial charge >= 0.3 is 0 Å². The number of nitrogens with one attached hydrogen (secondary N) is 1. The number of benzene rings is 1. The summed E-state index contributed by atoms with van der Waals surface area (Å²) in [6.45, 7) is 3.77. The molecule has 0 amide bonds. The molecule has 0 heterocycles. The molecule has 1 aliphatic rings. The second-order valence-electron chi connectivity index (χ2n) is 5.49. The van der Waals surface area contributed by atoms with E-state index < -0.39 is 0 Å². The highest BCUT2D eigenvalue weighted by atomic mass is 16.5. The van der Waals surface area contributed by atoms with Gasteiger partial charge in [0.15, 0.2) is 0 Å². The predicted molar refractivity (Wildman–Crippen MR) is 80.7 cm³/mol. The molecule has 1 unspecified atom stereocenters. The van der Waals surface area contributed by atoms with Crippen molar-refractivity contribution < 1.29 is 4.74 Å². The van der Waals surface area contributed by atoms with Gasteiger partial charge in [0, 0.05) is 19.3 Å². The van der Waals surface area contributed by atoms with E-state index in [1.807, 2.05) is 0 Å². The molecule has 0 bridgehead atoms. The second-order valence-corrected chi connectivity index (χ2v) is 5.49. The van der Waals surface area contributed by atoms with E-state index >= 15 is 0 Å². The molecule has 0 aromatic heterocycles. The van der Waals surface area contributed by atoms with Crippen molar-refractivity contribution in [2.45, 2.75) is 51.5 Å². The number of hydrogen-bond donors (Lipinski definition) is 1. The molecule has 1 aromatic rings. The standard InChI is InChI=1S/C17H27NO/c1-3-19-11-5-8-17(18-2)13-14-9-10-15-6-4-7-16(15)12-14/h9-10,12,17-18H,3-8,11,13H2,1-2H3. The number of likely N-dealkylation sites (N-methyl/N-ethyl adjacent to an activating group) is 1. The highest BCUT2D eigenvalue weighted by Crippen LogP contribution is 2.23. The normalized spacial score (nSPS) is 15.5. The van der Waals surface area contributed by atoms with Gasteiger partial charge in [-0.2, -0.15) is 0 Å². The monoisotopic (exact) mass is 261 g/mol. The minimum atomic E-state index is 0.569. The molecule has 2 nitrogen and oxygen atoms in total. The first-order valence-electron chi connectivity index (χ1n) is 7.69. The Morgan fingerprint density at radius 3 is 2.89 bits per heavy atom. The van der Waals surface area contributed by atoms with Crippen molar-refractivity contribution in [2.75, 3.05) is 20.3 Å². The smallest absolute Gasteiger partial charge is 0.0466 e. The lowest BCUT2D eigenvalue weighted by Gasteiger charge is -2.17. The molecular weight excluding hydrogens is 234 g/mol. The van der Waals surface area contributed by atoms with Crippen LogP contribution in [0.4, 0.5) is 0 Å². The first kappa shape index (κ1) is 14.5. The van der Waals surface area contributed by atoms with E-state index in [4.69, 9.17) is 4.74 Å². The van der Waals surface area contributed by atoms with E-state index in [0.717, 1.165) is 26.1 Å². The van der Waals surface area contributed by atoms with E-state index in [1.54, 1.807) is 11.1 Å². The van der Waals surface area contributed by atoms with Crippen LogP contribution in [0.25, 0.3) is 0 Å². The van der Waals surface area contributed by atoms with Crippen molar-refractivity contribution >= 4 is 0 Å². The average molecular weight is 261 g/mol. The molecule has 0 saturated heterocycles. The maximum Gasteiger partial charge on any atom is 0.0466 e. The fourth-order valence-corrected chi connectivity index (χ4v) is 2.96. The third-order valence-electron chi connectivity index (χ3n) is 4.10. The van der Waals surface area contributed by atoms with E-state index in [-0.39, 0.29) is 0 Å². The highest BCUT2D eigenvalue weighted by Gasteiger charge is 2.13. The van der Waals surface area contributed by atoms with Gasteiger partial charge < -0.3 is 10.1 Å². The molecule has 0 radical (unpaired) electrons. The van der Waals surface area contributed by atoms with Gasteiger partial charge in [0.2, 0.25) is 0 Å². The van der Waals surface area contributed by atoms with Gasteiger partial charge in [-0.3, -0.25) is 0 Å². The second kappa shape index (κ2) is 7.66. The fourth-order valence-electron chi connectivity index (χ4n) is 2.96. The number of rotatable bonds is 8. The van der Waals surface area contributed by atoms with Gasteiger partial charge in [0.25, 0.3) is 0 Å². The third-order valence-corrected chi connectivity index (χ3v) is 4.10. The van der Waals surface area contributed by atoms with Crippen molar-refractivity contribution in [1.29, 1.82) is 0 Å². The van der Waals surface area contributed by atoms with Crippen LogP contribution in [0.15, 0.2) is 18.2 Å². The molecule has 2 heteroatoms. The van der Waals surface area contributed by atoms with Crippen molar-refractivity contribution in [3.8, 4) is 0 Å². The summed E-state index contributed by atoms with van der Waals surface area (Å²) >= 11 is 0. The van der Waals surface area contributed by atoms with E-state index in [1.165, 1.54) is 31.2 Å². The van der Waals surface area contributed by atoms with Gasteiger partial charge in [0.1, 0.15) is 0 Å². The average Bonchev–Trinajstić information content (AvgIpc) is 2.89. The van der Waals surface area contributed by atoms with Gasteiger partial charge in [-0.1, -0.05) is 18.2 Å². The molecule has 1 atom stereocenters. The summed E-state index contributed by atoms with van der Waals surface area (Å²) in [5, 5.41) is 3.44. The lowest BCUT2D eigenvalue weighted by molar-refractivity contribution is 0.141. The molecule has 1 N–H and O–H groups in total. The minimum Gasteiger partial charge on any atom is -0.382 e. The molecule has 0 saturated carbocycles. The third kappa shape index (κ3) is 4.32. The Labute approximate surface area is 117 Å². The zero-order chi connectivity index (χ0) is 13.5. The molecule has 0 aliphatic heterocycles. The summed E-state index contributed by atoms with van der Waals surface area (Å²) in [5.74, 6) is 0. The fraction of sp³-hybridized carbons (Fsp3) is 0.647. The van der Waals surface area contributed by atoms with Crippen LogP contribution < -0.4 is 5.32 Å². The topological polar surface area (TPSA) is 21.3 Å². The van der Waals surface area contributed by atoms with Crippen molar-refractivity contribution in [1.82, 2.24) is 5.32 Å². The highest BCUT2D eigenvalue weighted by molar-refractivity contribution is 5.35. The maximum atomic E-state index is 5.41. The maximum absolute atomic E-state index is 5.41. The van der Waals surface area contributed by atoms with Crippen LogP contribution >= 0.6 is 0 Å². The van der Waals surface area contributed by atoms with E-state index in [0.29, 0.717) is 6.04 Å². The molecule has 1 aliphatic carbocycles. The van der Waals surface area contributed by atoms with Crippen LogP contribution in [0.1, 0.15) is 42.9 Å². The summed E-state index contributed by atoms with van der Waals surface area (Å²) < 4.78 is 5.41. The molecule has 19 heavy (non-hydrogen) atoms. The minimum absolute atomic E-state index is 0.569. The lowest BCUT2D eigenvalue weighted by atomic mass is 9.98. The predicted octanol–water partition coefficient (Wildman–Crippen LogP) is 3.12. The van der Waals surface area contributed by atoms with Gasteiger partial charge in [-0.25, -0.2) is 0 Å². The summed E-state index contributed by atoms with van der Waals surface area (Å²) in [6, 6.07) is 7.65. The summed E-state index contributed by atoms with van der Waals surface area (Å²) in [7, 11) is 2.07. The Hall–Kier alpha value is -0.860. The molecule has 106 valence electrons. The summed E-state index contributed by atoms with van der Waals surface area (Å²) in [6.07, 6.45) is 7.35. The van der Waals surface area contributed by atoms with Crippen molar-refractivity contribution in [2.24, 2.45) is 0 Å². The first-order valence-corrected chi connectivity index (χ1v) is 7.69. The molecular formula is C17H27NO. The van der Waals surface area contributed by atoms with E-state index in [2.05, 4.69) is 37.5 Å². The zero-order valence-electron chi connectivity index (χ0n) is 12.4. The number of aryl methyl sites for hydroxylation is 2. The first-order chi connectivity index (χ1) is 9.33. The summed E-state index contributed by atoms with van der Waals surface area (Å²) in [4.78, 5) is 0. The molecule has 1 aromatic carbocycles. The van der Waals surface area contributed by atoms with Crippen LogP contribution in [0, 0.1) is 0 Å². The molecule has 0 fully saturated rings. The zero-order valence-corrected chi connectivity index (χ0v) is 12.4. The van der Waals surface area contributed by atoms with Crippen LogP contribution in [0.3, 0.4) is 0 Å². The van der Waals surface area contributed by atoms with Crippen LogP contribution in [0.2, 0.25) is 0 Å². The Bertz CT molecular complexity index is 389. The Kier molecular flexibility index (Phi) is 5.87. The number of fused-ring (bicyclic) bond motifs is 1. The van der Waals surface area contributed by atoms with Crippen molar-refractivity contribution in [3.05, 3.63) is 34.9 Å². The van der Waals surface area contributed by atoms with Gasteiger partial charge in [-0.05, 0) is 69.2 Å². The SMILES string of the molecule is CCOCCCC(Cc1ccc2c(c1)CCC2)NC. The van der Waals surface area contributed by atoms with Gasteiger partial charge in [0.05, 0.1) is 0 Å². The Morgan fingerprint density at radius 2 is 2.11 bits per heavy atom. The number of hydrogen-bond acceptors (Lipinski definition) is 2. The molecule has 2 rings (SSSR count). The largest absolute Gasteiger partial charge is 0.382 e. The molecule has 0 spiro atoms. The lowest BCUT2D eigenvalue weighted by Crippen LogP contribution is -2.28. The van der Waals surface area contributed by atoms with Crippen LogP contribution in [0.5, 0.6) is 0 Å². The Balaban J connectivity index is 1.84. The van der Waals surface area contributed by atoms with Gasteiger partial charge in [-0.15, -0.1) is 0 Å². The van der Waals surface area contributed by atoms with Crippen molar-refractivity contribution in [3.63, 3.8) is 0 Å². The summed E-state index contributed by atoms with van der Waals surface area (Å²) in [5.41, 5.74) is 4.64.